The third-order valence-electron chi connectivity index (χ3n) is 4.57. The maximum atomic E-state index is 12.4. The fourth-order valence-electron chi connectivity index (χ4n) is 2.53. The van der Waals surface area contributed by atoms with Crippen molar-refractivity contribution in [3.05, 3.63) is 52.2 Å². The summed E-state index contributed by atoms with van der Waals surface area (Å²) in [6.45, 7) is 4.55. The predicted molar refractivity (Wildman–Crippen MR) is 112 cm³/mol. The minimum atomic E-state index is -3.62. The lowest BCUT2D eigenvalue weighted by Gasteiger charge is -2.31. The van der Waals surface area contributed by atoms with E-state index in [1.54, 1.807) is 0 Å². The van der Waals surface area contributed by atoms with Crippen LogP contribution in [-0.4, -0.2) is 26.4 Å². The summed E-state index contributed by atoms with van der Waals surface area (Å²) >= 11 is 1.49. The largest absolute Gasteiger partial charge is 0.345 e. The van der Waals surface area contributed by atoms with Gasteiger partial charge in [-0.05, 0) is 48.6 Å². The van der Waals surface area contributed by atoms with E-state index in [9.17, 15) is 13.2 Å². The Kier molecular flexibility index (Phi) is 8.90. The van der Waals surface area contributed by atoms with E-state index in [1.165, 1.54) is 35.6 Å². The number of hydrogen-bond donors (Lipinski definition) is 3. The van der Waals surface area contributed by atoms with Crippen molar-refractivity contribution in [2.24, 2.45) is 5.73 Å². The average molecular weight is 432 g/mol. The Balaban J connectivity index is 0.00000364. The van der Waals surface area contributed by atoms with Crippen LogP contribution < -0.4 is 15.8 Å². The van der Waals surface area contributed by atoms with E-state index >= 15 is 0 Å². The Labute approximate surface area is 171 Å². The Morgan fingerprint density at radius 1 is 1.15 bits per heavy atom. The van der Waals surface area contributed by atoms with Gasteiger partial charge in [0.2, 0.25) is 10.0 Å². The minimum absolute atomic E-state index is 0. The van der Waals surface area contributed by atoms with Gasteiger partial charge in [-0.2, -0.15) is 0 Å². The van der Waals surface area contributed by atoms with Crippen LogP contribution in [0.1, 0.15) is 41.9 Å². The van der Waals surface area contributed by atoms with Crippen LogP contribution in [0, 0.1) is 0 Å². The number of thiophene rings is 1. The smallest absolute Gasteiger partial charge is 0.251 e. The Hall–Kier alpha value is -1.45. The van der Waals surface area contributed by atoms with Crippen molar-refractivity contribution in [2.45, 2.75) is 43.7 Å². The normalized spacial score (nSPS) is 11.7. The first-order chi connectivity index (χ1) is 12.4. The van der Waals surface area contributed by atoms with Crippen LogP contribution >= 0.6 is 23.7 Å². The van der Waals surface area contributed by atoms with Gasteiger partial charge in [-0.1, -0.05) is 19.9 Å². The molecule has 150 valence electrons. The van der Waals surface area contributed by atoms with Crippen molar-refractivity contribution < 1.29 is 13.2 Å². The molecule has 0 bridgehead atoms. The van der Waals surface area contributed by atoms with Crippen LogP contribution in [0.15, 0.2) is 46.7 Å². The fraction of sp³-hybridized carbons (Fsp3) is 0.389. The summed E-state index contributed by atoms with van der Waals surface area (Å²) in [6, 6.07) is 9.64. The lowest BCUT2D eigenvalue weighted by Crippen LogP contribution is -2.52. The molecule has 0 aliphatic rings. The molecule has 0 saturated carbocycles. The van der Waals surface area contributed by atoms with Crippen LogP contribution in [0.25, 0.3) is 0 Å². The molecule has 0 aliphatic heterocycles. The molecular weight excluding hydrogens is 406 g/mol. The van der Waals surface area contributed by atoms with Crippen molar-refractivity contribution >= 4 is 39.7 Å². The van der Waals surface area contributed by atoms with Crippen molar-refractivity contribution in [1.82, 2.24) is 10.0 Å². The minimum Gasteiger partial charge on any atom is -0.345 e. The van der Waals surface area contributed by atoms with E-state index in [-0.39, 0.29) is 29.8 Å². The Bertz CT molecular complexity index is 810. The molecule has 0 aliphatic carbocycles. The Morgan fingerprint density at radius 2 is 1.78 bits per heavy atom. The molecule has 1 aromatic heterocycles. The predicted octanol–water partition coefficient (Wildman–Crippen LogP) is 2.90. The molecule has 27 heavy (non-hydrogen) atoms. The zero-order valence-corrected chi connectivity index (χ0v) is 17.8. The zero-order valence-electron chi connectivity index (χ0n) is 15.4. The maximum absolute atomic E-state index is 12.4. The number of benzene rings is 1. The summed E-state index contributed by atoms with van der Waals surface area (Å²) < 4.78 is 27.3. The number of halogens is 1. The first-order valence-electron chi connectivity index (χ1n) is 8.50. The van der Waals surface area contributed by atoms with Crippen LogP contribution in [-0.2, 0) is 16.6 Å². The van der Waals surface area contributed by atoms with Crippen molar-refractivity contribution in [3.63, 3.8) is 0 Å². The number of carbonyl (C=O) groups excluding carboxylic acids is 1. The van der Waals surface area contributed by atoms with Gasteiger partial charge in [0, 0.05) is 23.5 Å². The summed E-state index contributed by atoms with van der Waals surface area (Å²) in [5.74, 6) is -0.255. The molecule has 9 heteroatoms. The molecule has 0 radical (unpaired) electrons. The fourth-order valence-corrected chi connectivity index (χ4v) is 4.27. The van der Waals surface area contributed by atoms with Gasteiger partial charge in [0.15, 0.2) is 0 Å². The van der Waals surface area contributed by atoms with Crippen LogP contribution in [0.2, 0.25) is 0 Å². The SMILES string of the molecule is CCC(CC)(CN)NC(=O)c1ccc(S(=O)(=O)NCc2cccs2)cc1.Cl. The van der Waals surface area contributed by atoms with Crippen LogP contribution in [0.3, 0.4) is 0 Å². The molecule has 2 rings (SSSR count). The van der Waals surface area contributed by atoms with E-state index < -0.39 is 15.6 Å². The van der Waals surface area contributed by atoms with Gasteiger partial charge in [-0.3, -0.25) is 4.79 Å². The number of rotatable bonds is 9. The zero-order chi connectivity index (χ0) is 19.2. The van der Waals surface area contributed by atoms with Gasteiger partial charge in [-0.15, -0.1) is 23.7 Å². The first-order valence-corrected chi connectivity index (χ1v) is 10.9. The van der Waals surface area contributed by atoms with Gasteiger partial charge < -0.3 is 11.1 Å². The molecule has 1 heterocycles. The number of carbonyl (C=O) groups is 1. The van der Waals surface area contributed by atoms with Gasteiger partial charge in [0.25, 0.3) is 5.91 Å². The molecule has 1 amide bonds. The number of hydrogen-bond acceptors (Lipinski definition) is 5. The highest BCUT2D eigenvalue weighted by Gasteiger charge is 2.27. The summed E-state index contributed by atoms with van der Waals surface area (Å²) in [4.78, 5) is 13.5. The van der Waals surface area contributed by atoms with Crippen molar-refractivity contribution in [1.29, 1.82) is 0 Å². The number of nitrogens with one attached hydrogen (secondary N) is 2. The molecule has 0 atom stereocenters. The highest BCUT2D eigenvalue weighted by atomic mass is 35.5. The van der Waals surface area contributed by atoms with E-state index in [0.717, 1.165) is 17.7 Å². The number of sulfonamides is 1. The highest BCUT2D eigenvalue weighted by molar-refractivity contribution is 7.89. The first kappa shape index (κ1) is 23.6. The Morgan fingerprint density at radius 3 is 2.26 bits per heavy atom. The average Bonchev–Trinajstić information content (AvgIpc) is 3.18. The summed E-state index contributed by atoms with van der Waals surface area (Å²) in [7, 11) is -3.62. The van der Waals surface area contributed by atoms with Crippen molar-refractivity contribution in [2.75, 3.05) is 6.54 Å². The van der Waals surface area contributed by atoms with E-state index in [1.807, 2.05) is 31.4 Å². The van der Waals surface area contributed by atoms with Gasteiger partial charge >= 0.3 is 0 Å². The van der Waals surface area contributed by atoms with Gasteiger partial charge in [0.1, 0.15) is 0 Å². The third-order valence-corrected chi connectivity index (χ3v) is 6.86. The standard InChI is InChI=1S/C18H25N3O3S2.ClH/c1-3-18(4-2,13-19)21-17(22)14-7-9-16(10-8-14)26(23,24)20-12-15-6-5-11-25-15;/h5-11,20H,3-4,12-13,19H2,1-2H3,(H,21,22);1H. The van der Waals surface area contributed by atoms with Gasteiger partial charge in [-0.25, -0.2) is 13.1 Å². The second kappa shape index (κ2) is 10.2. The monoisotopic (exact) mass is 431 g/mol. The molecule has 4 N–H and O–H groups in total. The lowest BCUT2D eigenvalue weighted by atomic mass is 9.92. The number of nitrogens with two attached hydrogens (primary N) is 1. The maximum Gasteiger partial charge on any atom is 0.251 e. The summed E-state index contributed by atoms with van der Waals surface area (Å²) in [5.41, 5.74) is 5.77. The van der Waals surface area contributed by atoms with E-state index in [2.05, 4.69) is 10.0 Å². The topological polar surface area (TPSA) is 101 Å². The van der Waals surface area contributed by atoms with Crippen LogP contribution in [0.4, 0.5) is 0 Å². The summed E-state index contributed by atoms with van der Waals surface area (Å²) in [5, 5.41) is 4.86. The van der Waals surface area contributed by atoms with Crippen molar-refractivity contribution in [3.8, 4) is 0 Å². The highest BCUT2D eigenvalue weighted by Crippen LogP contribution is 2.16. The van der Waals surface area contributed by atoms with Crippen LogP contribution in [0.5, 0.6) is 0 Å². The van der Waals surface area contributed by atoms with Gasteiger partial charge in [0.05, 0.1) is 10.4 Å². The molecule has 6 nitrogen and oxygen atoms in total. The van der Waals surface area contributed by atoms with E-state index in [4.69, 9.17) is 5.73 Å². The molecule has 0 fully saturated rings. The molecule has 2 aromatic rings. The number of amides is 1. The quantitative estimate of drug-likeness (QED) is 0.568. The van der Waals surface area contributed by atoms with E-state index in [0.29, 0.717) is 12.1 Å². The molecule has 1 aromatic carbocycles. The molecule has 0 unspecified atom stereocenters. The lowest BCUT2D eigenvalue weighted by molar-refractivity contribution is 0.0895. The molecule has 0 spiro atoms. The summed E-state index contributed by atoms with van der Waals surface area (Å²) in [6.07, 6.45) is 1.45. The third kappa shape index (κ3) is 6.02. The molecule has 0 saturated heterocycles. The second-order valence-corrected chi connectivity index (χ2v) is 8.87. The second-order valence-electron chi connectivity index (χ2n) is 6.07. The molecular formula is C18H26ClN3O3S2.